The van der Waals surface area contributed by atoms with E-state index in [1.165, 1.54) is 5.56 Å². The molecule has 0 bridgehead atoms. The lowest BCUT2D eigenvalue weighted by atomic mass is 10.0. The maximum atomic E-state index is 5.88. The number of nitrogens with zero attached hydrogens (tertiary/aromatic N) is 2. The van der Waals surface area contributed by atoms with Crippen LogP contribution in [0, 0.1) is 0 Å². The predicted molar refractivity (Wildman–Crippen MR) is 116 cm³/mol. The van der Waals surface area contributed by atoms with Crippen molar-refractivity contribution in [3.63, 3.8) is 0 Å². The standard InChI is InChI=1S/C17H22N4O2.C6H6/c1-12(13-5-6-16(22-2)21-9-13)8-18-10-14-11-20-15-4-3-7-19-17(15)23-14;1-2-4-6-5-3-1/h3-7,9,12,14,18,20H,8,10-11H2,1-2H3;1-6H. The maximum Gasteiger partial charge on any atom is 0.237 e. The molecule has 0 amide bonds. The molecule has 2 unspecified atom stereocenters. The van der Waals surface area contributed by atoms with Crippen LogP contribution in [-0.2, 0) is 0 Å². The van der Waals surface area contributed by atoms with Gasteiger partial charge in [-0.2, -0.15) is 0 Å². The molecule has 2 N–H and O–H groups in total. The molecule has 1 aliphatic heterocycles. The third-order valence-corrected chi connectivity index (χ3v) is 4.60. The number of anilines is 1. The van der Waals surface area contributed by atoms with E-state index in [1.54, 1.807) is 13.3 Å². The van der Waals surface area contributed by atoms with E-state index in [4.69, 9.17) is 9.47 Å². The molecule has 1 aromatic carbocycles. The Morgan fingerprint density at radius 1 is 1.10 bits per heavy atom. The number of benzene rings is 1. The van der Waals surface area contributed by atoms with Crippen LogP contribution in [0.25, 0.3) is 0 Å². The second-order valence-corrected chi connectivity index (χ2v) is 6.82. The molecule has 0 saturated heterocycles. The van der Waals surface area contributed by atoms with Gasteiger partial charge in [-0.3, -0.25) is 0 Å². The van der Waals surface area contributed by atoms with Crippen LogP contribution in [0.4, 0.5) is 5.69 Å². The topological polar surface area (TPSA) is 68.3 Å². The number of hydrogen-bond acceptors (Lipinski definition) is 6. The highest BCUT2D eigenvalue weighted by atomic mass is 16.5. The third kappa shape index (κ3) is 6.47. The zero-order valence-corrected chi connectivity index (χ0v) is 16.9. The van der Waals surface area contributed by atoms with Crippen molar-refractivity contribution in [1.82, 2.24) is 15.3 Å². The van der Waals surface area contributed by atoms with E-state index in [0.717, 1.165) is 25.3 Å². The van der Waals surface area contributed by atoms with E-state index >= 15 is 0 Å². The van der Waals surface area contributed by atoms with Crippen LogP contribution in [0.1, 0.15) is 18.4 Å². The van der Waals surface area contributed by atoms with Crippen LogP contribution >= 0.6 is 0 Å². The third-order valence-electron chi connectivity index (χ3n) is 4.60. The summed E-state index contributed by atoms with van der Waals surface area (Å²) in [5.74, 6) is 1.69. The van der Waals surface area contributed by atoms with Crippen LogP contribution in [-0.4, -0.2) is 42.8 Å². The van der Waals surface area contributed by atoms with Crippen molar-refractivity contribution in [2.24, 2.45) is 0 Å². The Bertz CT molecular complexity index is 816. The molecule has 0 spiro atoms. The summed E-state index contributed by atoms with van der Waals surface area (Å²) in [7, 11) is 1.62. The van der Waals surface area contributed by atoms with Gasteiger partial charge in [-0.25, -0.2) is 9.97 Å². The van der Waals surface area contributed by atoms with Gasteiger partial charge in [0.05, 0.1) is 19.3 Å². The monoisotopic (exact) mass is 392 g/mol. The largest absolute Gasteiger partial charge is 0.481 e. The van der Waals surface area contributed by atoms with Crippen molar-refractivity contribution < 1.29 is 9.47 Å². The average Bonchev–Trinajstić information content (AvgIpc) is 2.80. The molecule has 3 aromatic rings. The quantitative estimate of drug-likeness (QED) is 0.666. The molecule has 6 heteroatoms. The minimum Gasteiger partial charge on any atom is -0.481 e. The number of fused-ring (bicyclic) bond motifs is 1. The lowest BCUT2D eigenvalue weighted by molar-refractivity contribution is 0.193. The Hall–Kier alpha value is -3.12. The number of pyridine rings is 2. The van der Waals surface area contributed by atoms with Crippen molar-refractivity contribution >= 4 is 5.69 Å². The van der Waals surface area contributed by atoms with E-state index in [2.05, 4.69) is 33.6 Å². The van der Waals surface area contributed by atoms with Crippen LogP contribution in [0.2, 0.25) is 0 Å². The first kappa shape index (κ1) is 20.6. The summed E-state index contributed by atoms with van der Waals surface area (Å²) in [6, 6.07) is 19.8. The maximum absolute atomic E-state index is 5.88. The summed E-state index contributed by atoms with van der Waals surface area (Å²) in [5.41, 5.74) is 2.15. The smallest absolute Gasteiger partial charge is 0.237 e. The Morgan fingerprint density at radius 2 is 1.86 bits per heavy atom. The number of hydrogen-bond donors (Lipinski definition) is 2. The van der Waals surface area contributed by atoms with Crippen molar-refractivity contribution in [2.75, 3.05) is 32.1 Å². The molecule has 0 fully saturated rings. The highest BCUT2D eigenvalue weighted by molar-refractivity contribution is 5.53. The summed E-state index contributed by atoms with van der Waals surface area (Å²) < 4.78 is 11.0. The Balaban J connectivity index is 0.000000343. The van der Waals surface area contributed by atoms with Gasteiger partial charge >= 0.3 is 0 Å². The number of methoxy groups -OCH3 is 1. The number of rotatable bonds is 6. The number of ether oxygens (including phenoxy) is 2. The lowest BCUT2D eigenvalue weighted by Gasteiger charge is -2.26. The second kappa shape index (κ2) is 11.0. The van der Waals surface area contributed by atoms with E-state index in [1.807, 2.05) is 60.8 Å². The molecule has 0 saturated carbocycles. The predicted octanol–water partition coefficient (Wildman–Crippen LogP) is 3.74. The zero-order valence-electron chi connectivity index (χ0n) is 16.9. The molecule has 0 radical (unpaired) electrons. The molecule has 2 aromatic heterocycles. The average molecular weight is 393 g/mol. The molecule has 29 heavy (non-hydrogen) atoms. The molecule has 4 rings (SSSR count). The van der Waals surface area contributed by atoms with E-state index in [0.29, 0.717) is 17.7 Å². The normalized spacial score (nSPS) is 15.6. The van der Waals surface area contributed by atoms with Crippen LogP contribution in [0.3, 0.4) is 0 Å². The summed E-state index contributed by atoms with van der Waals surface area (Å²) in [6.45, 7) is 4.59. The lowest BCUT2D eigenvalue weighted by Crippen LogP contribution is -2.40. The SMILES string of the molecule is COc1ccc(C(C)CNCC2CNc3cccnc3O2)cn1.c1ccccc1. The van der Waals surface area contributed by atoms with Crippen molar-refractivity contribution in [2.45, 2.75) is 18.9 Å². The molecule has 2 atom stereocenters. The van der Waals surface area contributed by atoms with Gasteiger partial charge in [0, 0.05) is 31.5 Å². The minimum atomic E-state index is 0.0820. The zero-order chi connectivity index (χ0) is 20.3. The number of aromatic nitrogens is 2. The van der Waals surface area contributed by atoms with Crippen molar-refractivity contribution in [3.05, 3.63) is 78.6 Å². The fourth-order valence-corrected chi connectivity index (χ4v) is 2.92. The van der Waals surface area contributed by atoms with Gasteiger partial charge in [0.25, 0.3) is 0 Å². The molecule has 1 aliphatic rings. The molecule has 152 valence electrons. The van der Waals surface area contributed by atoms with Gasteiger partial charge in [0.1, 0.15) is 6.10 Å². The van der Waals surface area contributed by atoms with Crippen molar-refractivity contribution in [3.8, 4) is 11.8 Å². The Kier molecular flexibility index (Phi) is 7.83. The first-order valence-corrected chi connectivity index (χ1v) is 9.82. The highest BCUT2D eigenvalue weighted by Gasteiger charge is 2.19. The second-order valence-electron chi connectivity index (χ2n) is 6.82. The van der Waals surface area contributed by atoms with Crippen LogP contribution in [0.5, 0.6) is 11.8 Å². The summed E-state index contributed by atoms with van der Waals surface area (Å²) in [6.07, 6.45) is 3.69. The van der Waals surface area contributed by atoms with E-state index in [9.17, 15) is 0 Å². The molecule has 0 aliphatic carbocycles. The Morgan fingerprint density at radius 3 is 2.52 bits per heavy atom. The molecular weight excluding hydrogens is 364 g/mol. The van der Waals surface area contributed by atoms with Gasteiger partial charge in [-0.05, 0) is 23.6 Å². The Labute approximate surface area is 172 Å². The van der Waals surface area contributed by atoms with Gasteiger partial charge in [-0.1, -0.05) is 49.4 Å². The highest BCUT2D eigenvalue weighted by Crippen LogP contribution is 2.25. The summed E-state index contributed by atoms with van der Waals surface area (Å²) in [4.78, 5) is 8.49. The van der Waals surface area contributed by atoms with Gasteiger partial charge in [0.2, 0.25) is 11.8 Å². The number of nitrogens with one attached hydrogen (secondary N) is 2. The van der Waals surface area contributed by atoms with E-state index in [-0.39, 0.29) is 6.10 Å². The first-order valence-electron chi connectivity index (χ1n) is 9.82. The van der Waals surface area contributed by atoms with Crippen molar-refractivity contribution in [1.29, 1.82) is 0 Å². The minimum absolute atomic E-state index is 0.0820. The van der Waals surface area contributed by atoms with Gasteiger partial charge in [0.15, 0.2) is 0 Å². The van der Waals surface area contributed by atoms with Crippen LogP contribution in [0.15, 0.2) is 73.1 Å². The van der Waals surface area contributed by atoms with E-state index < -0.39 is 0 Å². The fraction of sp³-hybridized carbons (Fsp3) is 0.304. The summed E-state index contributed by atoms with van der Waals surface area (Å²) >= 11 is 0. The van der Waals surface area contributed by atoms with Gasteiger partial charge in [-0.15, -0.1) is 0 Å². The molecule has 6 nitrogen and oxygen atoms in total. The first-order chi connectivity index (χ1) is 14.3. The van der Waals surface area contributed by atoms with Gasteiger partial charge < -0.3 is 20.1 Å². The fourth-order valence-electron chi connectivity index (χ4n) is 2.92. The van der Waals surface area contributed by atoms with Crippen LogP contribution < -0.4 is 20.1 Å². The molecule has 3 heterocycles. The summed E-state index contributed by atoms with van der Waals surface area (Å²) in [5, 5.41) is 6.80. The molecular formula is C23H28N4O2.